The van der Waals surface area contributed by atoms with Crippen molar-refractivity contribution in [2.45, 2.75) is 17.1 Å². The molecule has 9 heteroatoms. The van der Waals surface area contributed by atoms with Gasteiger partial charge in [-0.15, -0.1) is 13.2 Å². The van der Waals surface area contributed by atoms with Gasteiger partial charge in [-0.25, -0.2) is 8.78 Å². The Kier molecular flexibility index (Phi) is 7.41. The maximum Gasteiger partial charge on any atom is 0.573 e. The zero-order valence-corrected chi connectivity index (χ0v) is 17.9. The van der Waals surface area contributed by atoms with E-state index in [4.69, 9.17) is 23.2 Å². The van der Waals surface area contributed by atoms with Crippen LogP contribution in [-0.4, -0.2) is 23.0 Å². The van der Waals surface area contributed by atoms with Gasteiger partial charge in [0.15, 0.2) is 4.33 Å². The molecule has 1 aliphatic rings. The van der Waals surface area contributed by atoms with Gasteiger partial charge in [-0.1, -0.05) is 71.7 Å². The number of hydrogen-bond donors (Lipinski definition) is 0. The van der Waals surface area contributed by atoms with E-state index in [1.807, 2.05) is 30.3 Å². The molecule has 0 aliphatic carbocycles. The number of aliphatic imine (C=N–C) groups is 1. The standard InChI is InChI=1S/C13H9F3O.C10H7Cl2F2N/c14-13(15,16)17-12-8-6-11(7-9-12)10-4-2-1-3-5-10;11-10(12)4-5-15-9(10)8-6(13)2-1-3-7(8)14/h1-9H;1-3H,4-5H2. The van der Waals surface area contributed by atoms with Crippen molar-refractivity contribution in [2.24, 2.45) is 4.99 Å². The average molecular weight is 488 g/mol. The van der Waals surface area contributed by atoms with E-state index >= 15 is 0 Å². The zero-order valence-electron chi connectivity index (χ0n) is 16.3. The number of nitrogens with zero attached hydrogens (tertiary/aromatic N) is 1. The normalized spacial score (nSPS) is 14.9. The highest BCUT2D eigenvalue weighted by Gasteiger charge is 2.38. The van der Waals surface area contributed by atoms with Crippen molar-refractivity contribution < 1.29 is 26.7 Å². The van der Waals surface area contributed by atoms with Crippen LogP contribution in [0, 0.1) is 11.6 Å². The molecule has 32 heavy (non-hydrogen) atoms. The van der Waals surface area contributed by atoms with Gasteiger partial charge in [-0.05, 0) is 35.4 Å². The molecule has 2 nitrogen and oxygen atoms in total. The van der Waals surface area contributed by atoms with Crippen molar-refractivity contribution in [2.75, 3.05) is 6.54 Å². The average Bonchev–Trinajstić information content (AvgIpc) is 3.07. The highest BCUT2D eigenvalue weighted by Crippen LogP contribution is 2.36. The van der Waals surface area contributed by atoms with E-state index in [2.05, 4.69) is 9.73 Å². The lowest BCUT2D eigenvalue weighted by atomic mass is 10.1. The first-order valence-electron chi connectivity index (χ1n) is 9.35. The molecule has 168 valence electrons. The molecule has 0 unspecified atom stereocenters. The fourth-order valence-corrected chi connectivity index (χ4v) is 3.49. The quantitative estimate of drug-likeness (QED) is 0.275. The summed E-state index contributed by atoms with van der Waals surface area (Å²) in [5.41, 5.74) is 1.66. The topological polar surface area (TPSA) is 21.6 Å². The lowest BCUT2D eigenvalue weighted by Crippen LogP contribution is -2.24. The van der Waals surface area contributed by atoms with Crippen LogP contribution in [0.3, 0.4) is 0 Å². The SMILES string of the molecule is FC(F)(F)Oc1ccc(-c2ccccc2)cc1.Fc1cccc(F)c1C1=NCCC1(Cl)Cl. The minimum absolute atomic E-state index is 0.0847. The summed E-state index contributed by atoms with van der Waals surface area (Å²) in [6.45, 7) is 0.385. The van der Waals surface area contributed by atoms with Crippen LogP contribution in [0.2, 0.25) is 0 Å². The number of ether oxygens (including phenoxy) is 1. The van der Waals surface area contributed by atoms with Crippen molar-refractivity contribution in [3.8, 4) is 16.9 Å². The monoisotopic (exact) mass is 487 g/mol. The molecule has 0 bridgehead atoms. The Morgan fingerprint density at radius 1 is 0.781 bits per heavy atom. The van der Waals surface area contributed by atoms with Gasteiger partial charge in [0.1, 0.15) is 17.4 Å². The van der Waals surface area contributed by atoms with Gasteiger partial charge in [-0.3, -0.25) is 4.99 Å². The fourth-order valence-electron chi connectivity index (χ4n) is 3.01. The summed E-state index contributed by atoms with van der Waals surface area (Å²) in [5, 5.41) is 0. The minimum atomic E-state index is -4.64. The predicted molar refractivity (Wildman–Crippen MR) is 115 cm³/mol. The first-order chi connectivity index (χ1) is 15.1. The fraction of sp³-hybridized carbons (Fsp3) is 0.174. The molecule has 0 saturated heterocycles. The van der Waals surface area contributed by atoms with E-state index in [0.717, 1.165) is 23.3 Å². The van der Waals surface area contributed by atoms with E-state index in [9.17, 15) is 22.0 Å². The van der Waals surface area contributed by atoms with E-state index in [-0.39, 0.29) is 17.0 Å². The summed E-state index contributed by atoms with van der Waals surface area (Å²) in [4.78, 5) is 3.95. The van der Waals surface area contributed by atoms with Gasteiger partial charge < -0.3 is 4.74 Å². The van der Waals surface area contributed by atoms with Crippen LogP contribution in [0.5, 0.6) is 5.75 Å². The number of benzene rings is 3. The van der Waals surface area contributed by atoms with Gasteiger partial charge in [0.25, 0.3) is 0 Å². The summed E-state index contributed by atoms with van der Waals surface area (Å²) in [6.07, 6.45) is -4.27. The van der Waals surface area contributed by atoms with Crippen LogP contribution >= 0.6 is 23.2 Å². The Balaban J connectivity index is 0.000000182. The van der Waals surface area contributed by atoms with Crippen molar-refractivity contribution in [1.29, 1.82) is 0 Å². The second-order valence-corrected chi connectivity index (χ2v) is 8.20. The Bertz CT molecular complexity index is 1060. The van der Waals surface area contributed by atoms with E-state index in [1.165, 1.54) is 18.2 Å². The molecule has 3 aromatic carbocycles. The van der Waals surface area contributed by atoms with Gasteiger partial charge in [-0.2, -0.15) is 0 Å². The molecule has 0 spiro atoms. The Morgan fingerprint density at radius 2 is 1.34 bits per heavy atom. The molecule has 0 radical (unpaired) electrons. The molecular weight excluding hydrogens is 472 g/mol. The summed E-state index contributed by atoms with van der Waals surface area (Å²) in [7, 11) is 0. The maximum atomic E-state index is 13.4. The lowest BCUT2D eigenvalue weighted by Gasteiger charge is -2.15. The third-order valence-corrected chi connectivity index (χ3v) is 5.17. The van der Waals surface area contributed by atoms with Crippen LogP contribution in [-0.2, 0) is 0 Å². The molecule has 0 fully saturated rings. The Hall–Kier alpha value is -2.64. The highest BCUT2D eigenvalue weighted by atomic mass is 35.5. The molecule has 1 heterocycles. The molecular formula is C23H16Cl2F5NO. The van der Waals surface area contributed by atoms with Crippen LogP contribution in [0.1, 0.15) is 12.0 Å². The second kappa shape index (κ2) is 9.88. The first-order valence-corrected chi connectivity index (χ1v) is 10.1. The van der Waals surface area contributed by atoms with Crippen molar-refractivity contribution in [3.05, 3.63) is 90.0 Å². The molecule has 0 amide bonds. The number of hydrogen-bond acceptors (Lipinski definition) is 2. The van der Waals surface area contributed by atoms with Gasteiger partial charge in [0.2, 0.25) is 0 Å². The maximum absolute atomic E-state index is 13.4. The zero-order chi connectivity index (χ0) is 23.4. The van der Waals surface area contributed by atoms with Crippen molar-refractivity contribution in [3.63, 3.8) is 0 Å². The van der Waals surface area contributed by atoms with Gasteiger partial charge >= 0.3 is 6.36 Å². The van der Waals surface area contributed by atoms with E-state index in [0.29, 0.717) is 13.0 Å². The van der Waals surface area contributed by atoms with Crippen LogP contribution in [0.4, 0.5) is 22.0 Å². The minimum Gasteiger partial charge on any atom is -0.406 e. The summed E-state index contributed by atoms with van der Waals surface area (Å²) < 4.78 is 65.1. The molecule has 0 atom stereocenters. The van der Waals surface area contributed by atoms with Crippen LogP contribution in [0.25, 0.3) is 11.1 Å². The second-order valence-electron chi connectivity index (χ2n) is 6.72. The third kappa shape index (κ3) is 6.20. The van der Waals surface area contributed by atoms with Crippen LogP contribution in [0.15, 0.2) is 77.8 Å². The first kappa shape index (κ1) is 24.0. The highest BCUT2D eigenvalue weighted by molar-refractivity contribution is 6.61. The smallest absolute Gasteiger partial charge is 0.406 e. The summed E-state index contributed by atoms with van der Waals surface area (Å²) >= 11 is 11.8. The van der Waals surface area contributed by atoms with Gasteiger partial charge in [0.05, 0.1) is 11.3 Å². The lowest BCUT2D eigenvalue weighted by molar-refractivity contribution is -0.274. The van der Waals surface area contributed by atoms with Crippen molar-refractivity contribution >= 4 is 28.9 Å². The molecule has 3 aromatic rings. The predicted octanol–water partition coefficient (Wildman–Crippen LogP) is 7.58. The number of halogens is 7. The molecule has 4 rings (SSSR count). The van der Waals surface area contributed by atoms with Gasteiger partial charge in [0, 0.05) is 13.0 Å². The van der Waals surface area contributed by atoms with E-state index < -0.39 is 22.3 Å². The molecule has 0 saturated carbocycles. The van der Waals surface area contributed by atoms with E-state index in [1.54, 1.807) is 12.1 Å². The van der Waals surface area contributed by atoms with Crippen LogP contribution < -0.4 is 4.74 Å². The summed E-state index contributed by atoms with van der Waals surface area (Å²) in [5.74, 6) is -1.60. The third-order valence-electron chi connectivity index (χ3n) is 4.44. The summed E-state index contributed by atoms with van der Waals surface area (Å²) in [6, 6.07) is 18.8. The molecule has 1 aliphatic heterocycles. The Morgan fingerprint density at radius 3 is 1.84 bits per heavy atom. The number of alkyl halides is 5. The molecule has 0 N–H and O–H groups in total. The Labute approximate surface area is 191 Å². The largest absolute Gasteiger partial charge is 0.573 e. The molecule has 0 aromatic heterocycles. The number of rotatable bonds is 3. The van der Waals surface area contributed by atoms with Crippen molar-refractivity contribution in [1.82, 2.24) is 0 Å².